The highest BCUT2D eigenvalue weighted by molar-refractivity contribution is 6.27. The molecule has 0 aliphatic carbocycles. The number of morpholine rings is 1. The summed E-state index contributed by atoms with van der Waals surface area (Å²) in [6, 6.07) is 12.8. The van der Waals surface area contributed by atoms with Crippen molar-refractivity contribution in [3.8, 4) is 0 Å². The lowest BCUT2D eigenvalue weighted by Crippen LogP contribution is -2.51. The Morgan fingerprint density at radius 2 is 1.92 bits per heavy atom. The first kappa shape index (κ1) is 21.7. The molecular formula is C29H28FN3O3. The van der Waals surface area contributed by atoms with Gasteiger partial charge in [0.15, 0.2) is 0 Å². The molecule has 36 heavy (non-hydrogen) atoms. The number of hydrogen-bond acceptors (Lipinski definition) is 4. The molecule has 2 fully saturated rings. The van der Waals surface area contributed by atoms with Gasteiger partial charge in [-0.05, 0) is 53.1 Å². The monoisotopic (exact) mass is 486 g/mol. The number of nitrogens with zero attached hydrogens (tertiary/aromatic N) is 2. The third-order valence-electron chi connectivity index (χ3n) is 7.28. The van der Waals surface area contributed by atoms with Crippen molar-refractivity contribution < 1.29 is 20.1 Å². The Morgan fingerprint density at radius 1 is 1.11 bits per heavy atom. The van der Waals surface area contributed by atoms with Crippen molar-refractivity contribution in [1.29, 1.82) is 0 Å². The van der Waals surface area contributed by atoms with Gasteiger partial charge in [-0.3, -0.25) is 19.4 Å². The lowest BCUT2D eigenvalue weighted by atomic mass is 9.95. The summed E-state index contributed by atoms with van der Waals surface area (Å²) >= 11 is 0. The average Bonchev–Trinajstić information content (AvgIpc) is 3.19. The Bertz CT molecular complexity index is 1450. The molecule has 1 atom stereocenters. The topological polar surface area (TPSA) is 61.9 Å². The van der Waals surface area contributed by atoms with Crippen LogP contribution in [0.4, 0.5) is 10.1 Å². The van der Waals surface area contributed by atoms with E-state index in [1.165, 1.54) is 4.90 Å². The zero-order chi connectivity index (χ0) is 25.7. The molecule has 0 aromatic heterocycles. The molecule has 2 amide bonds. The molecule has 1 N–H and O–H groups in total. The fourth-order valence-electron chi connectivity index (χ4n) is 5.41. The largest absolute Gasteiger partial charge is 0.379 e. The van der Waals surface area contributed by atoms with Gasteiger partial charge >= 0.3 is 0 Å². The molecule has 6 nitrogen and oxygen atoms in total. The summed E-state index contributed by atoms with van der Waals surface area (Å²) < 4.78 is 29.5. The molecule has 3 aromatic carbocycles. The van der Waals surface area contributed by atoms with E-state index >= 15 is 4.39 Å². The SMILES string of the molecule is [2H]C1(N2C(=O)c3cccc4c(Cc5ccc(CN6CCOCC6)cc5F)ccc2c34)CCC(=C)NC1=O. The number of benzene rings is 3. The molecule has 3 aliphatic heterocycles. The van der Waals surface area contributed by atoms with Crippen molar-refractivity contribution in [2.45, 2.75) is 31.8 Å². The third kappa shape index (κ3) is 3.98. The summed E-state index contributed by atoms with van der Waals surface area (Å²) in [5.74, 6) is -1.17. The normalized spacial score (nSPS) is 22.8. The number of anilines is 1. The fraction of sp³-hybridized carbons (Fsp3) is 0.310. The summed E-state index contributed by atoms with van der Waals surface area (Å²) in [6.07, 6.45) is 0.963. The first-order chi connectivity index (χ1) is 17.8. The van der Waals surface area contributed by atoms with Crippen LogP contribution in [0.2, 0.25) is 0 Å². The number of halogens is 1. The van der Waals surface area contributed by atoms with Crippen LogP contribution in [0.25, 0.3) is 10.8 Å². The van der Waals surface area contributed by atoms with Crippen molar-refractivity contribution in [2.24, 2.45) is 0 Å². The average molecular weight is 487 g/mol. The second kappa shape index (κ2) is 9.15. The van der Waals surface area contributed by atoms with Crippen LogP contribution < -0.4 is 10.2 Å². The first-order valence-electron chi connectivity index (χ1n) is 12.8. The van der Waals surface area contributed by atoms with E-state index in [0.29, 0.717) is 60.5 Å². The van der Waals surface area contributed by atoms with Gasteiger partial charge in [-0.2, -0.15) is 0 Å². The maximum absolute atomic E-state index is 15.2. The quantitative estimate of drug-likeness (QED) is 0.589. The number of allylic oxidation sites excluding steroid dienone is 1. The van der Waals surface area contributed by atoms with Crippen LogP contribution in [0.1, 0.15) is 41.3 Å². The highest BCUT2D eigenvalue weighted by Crippen LogP contribution is 2.41. The maximum Gasteiger partial charge on any atom is 0.259 e. The van der Waals surface area contributed by atoms with Crippen LogP contribution in [0.5, 0.6) is 0 Å². The highest BCUT2D eigenvalue weighted by Gasteiger charge is 2.40. The number of amides is 2. The smallest absolute Gasteiger partial charge is 0.259 e. The number of ether oxygens (including phenoxy) is 1. The van der Waals surface area contributed by atoms with Crippen LogP contribution in [-0.4, -0.2) is 49.0 Å². The van der Waals surface area contributed by atoms with Crippen LogP contribution >= 0.6 is 0 Å². The van der Waals surface area contributed by atoms with Crippen LogP contribution in [0, 0.1) is 5.82 Å². The zero-order valence-corrected chi connectivity index (χ0v) is 20.0. The summed E-state index contributed by atoms with van der Waals surface area (Å²) in [4.78, 5) is 29.8. The van der Waals surface area contributed by atoms with Crippen LogP contribution in [0.15, 0.2) is 60.8 Å². The van der Waals surface area contributed by atoms with Crippen molar-refractivity contribution >= 4 is 28.3 Å². The number of hydrogen-bond donors (Lipinski definition) is 1. The van der Waals surface area contributed by atoms with Crippen molar-refractivity contribution in [3.05, 3.63) is 88.9 Å². The van der Waals surface area contributed by atoms with E-state index < -0.39 is 11.9 Å². The van der Waals surface area contributed by atoms with E-state index in [1.807, 2.05) is 24.3 Å². The Balaban J connectivity index is 1.32. The third-order valence-corrected chi connectivity index (χ3v) is 7.28. The molecule has 6 rings (SSSR count). The summed E-state index contributed by atoms with van der Waals surface area (Å²) in [7, 11) is 0. The van der Waals surface area contributed by atoms with Gasteiger partial charge in [0.1, 0.15) is 11.8 Å². The molecular weight excluding hydrogens is 457 g/mol. The standard InChI is InChI=1S/C29H28FN3O3/c1-18-5-9-26(28(34)31-18)33-25-10-8-20(22-3-2-4-23(27(22)25)29(33)35)16-21-7-6-19(15-24(21)30)17-32-11-13-36-14-12-32/h2-4,6-8,10,15,26H,1,5,9,11-14,16-17H2,(H,31,34)/i26D. The number of piperidine rings is 1. The van der Waals surface area contributed by atoms with E-state index in [9.17, 15) is 9.59 Å². The molecule has 0 spiro atoms. The van der Waals surface area contributed by atoms with Gasteiger partial charge in [-0.1, -0.05) is 36.9 Å². The van der Waals surface area contributed by atoms with E-state index in [-0.39, 0.29) is 18.1 Å². The minimum atomic E-state index is -1.76. The lowest BCUT2D eigenvalue weighted by Gasteiger charge is -2.31. The molecule has 7 heteroatoms. The lowest BCUT2D eigenvalue weighted by molar-refractivity contribution is -0.122. The Kier molecular flexibility index (Phi) is 5.52. The van der Waals surface area contributed by atoms with Gasteiger partial charge in [0.25, 0.3) is 5.91 Å². The second-order valence-corrected chi connectivity index (χ2v) is 9.61. The second-order valence-electron chi connectivity index (χ2n) is 9.61. The molecule has 1 unspecified atom stereocenters. The molecule has 0 bridgehead atoms. The zero-order valence-electron chi connectivity index (χ0n) is 21.0. The van der Waals surface area contributed by atoms with Crippen LogP contribution in [-0.2, 0) is 22.5 Å². The minimum Gasteiger partial charge on any atom is -0.379 e. The molecule has 3 aliphatic rings. The number of carbonyl (C=O) groups is 2. The molecule has 0 radical (unpaired) electrons. The Labute approximate surface area is 210 Å². The van der Waals surface area contributed by atoms with Crippen molar-refractivity contribution in [3.63, 3.8) is 0 Å². The van der Waals surface area contributed by atoms with E-state index in [2.05, 4.69) is 16.8 Å². The fourth-order valence-corrected chi connectivity index (χ4v) is 5.41. The minimum absolute atomic E-state index is 0.169. The molecule has 3 aromatic rings. The number of nitrogens with one attached hydrogen (secondary N) is 1. The van der Waals surface area contributed by atoms with Crippen LogP contribution in [0.3, 0.4) is 0 Å². The Morgan fingerprint density at radius 3 is 2.69 bits per heavy atom. The summed E-state index contributed by atoms with van der Waals surface area (Å²) in [6.45, 7) is 7.57. The van der Waals surface area contributed by atoms with E-state index in [0.717, 1.165) is 29.6 Å². The maximum atomic E-state index is 15.2. The first-order valence-corrected chi connectivity index (χ1v) is 12.3. The van der Waals surface area contributed by atoms with Gasteiger partial charge in [0.05, 0.1) is 20.3 Å². The molecule has 3 heterocycles. The molecule has 0 saturated carbocycles. The van der Waals surface area contributed by atoms with Gasteiger partial charge < -0.3 is 10.1 Å². The van der Waals surface area contributed by atoms with Gasteiger partial charge in [-0.15, -0.1) is 0 Å². The van der Waals surface area contributed by atoms with E-state index in [1.54, 1.807) is 24.3 Å². The number of rotatable bonds is 5. The number of carbonyl (C=O) groups excluding carboxylic acids is 2. The highest BCUT2D eigenvalue weighted by atomic mass is 19.1. The van der Waals surface area contributed by atoms with Crippen molar-refractivity contribution in [2.75, 3.05) is 31.2 Å². The molecule has 2 saturated heterocycles. The Hall–Kier alpha value is -3.55. The van der Waals surface area contributed by atoms with E-state index in [4.69, 9.17) is 6.11 Å². The summed E-state index contributed by atoms with van der Waals surface area (Å²) in [5.41, 5.74) is 3.94. The molecule has 184 valence electrons. The van der Waals surface area contributed by atoms with Gasteiger partial charge in [0.2, 0.25) is 5.91 Å². The van der Waals surface area contributed by atoms with Crippen molar-refractivity contribution in [1.82, 2.24) is 10.2 Å². The predicted octanol–water partition coefficient (Wildman–Crippen LogP) is 4.15. The van der Waals surface area contributed by atoms with Gasteiger partial charge in [0, 0.05) is 42.7 Å². The predicted molar refractivity (Wildman–Crippen MR) is 136 cm³/mol. The summed E-state index contributed by atoms with van der Waals surface area (Å²) in [5, 5.41) is 4.17. The van der Waals surface area contributed by atoms with Gasteiger partial charge in [-0.25, -0.2) is 4.39 Å².